The minimum Gasteiger partial charge on any atom is -0.381 e. The largest absolute Gasteiger partial charge is 0.381 e. The summed E-state index contributed by atoms with van der Waals surface area (Å²) < 4.78 is 19.3. The number of nitrogens with two attached hydrogens (primary N) is 1. The molecule has 1 saturated heterocycles. The maximum atomic E-state index is 13.9. The number of amides is 2. The van der Waals surface area contributed by atoms with E-state index in [1.807, 2.05) is 0 Å². The van der Waals surface area contributed by atoms with Gasteiger partial charge in [-0.25, -0.2) is 14.4 Å². The molecule has 2 fully saturated rings. The molecule has 1 aromatic heterocycles. The molecule has 0 radical (unpaired) electrons. The van der Waals surface area contributed by atoms with E-state index in [2.05, 4.69) is 20.6 Å². The number of nitrogens with one attached hydrogen (secondary N) is 2. The van der Waals surface area contributed by atoms with Crippen molar-refractivity contribution in [3.8, 4) is 0 Å². The predicted molar refractivity (Wildman–Crippen MR) is 112 cm³/mol. The second-order valence-electron chi connectivity index (χ2n) is 8.05. The van der Waals surface area contributed by atoms with E-state index in [4.69, 9.17) is 10.5 Å². The highest BCUT2D eigenvalue weighted by molar-refractivity contribution is 5.93. The summed E-state index contributed by atoms with van der Waals surface area (Å²) in [6.45, 7) is 1.12. The molecule has 0 atom stereocenters. The Bertz CT molecular complexity index is 973. The van der Waals surface area contributed by atoms with Crippen LogP contribution in [0.25, 0.3) is 0 Å². The van der Waals surface area contributed by atoms with Gasteiger partial charge in [0.2, 0.25) is 11.9 Å². The number of anilines is 1. The van der Waals surface area contributed by atoms with Crippen LogP contribution in [0, 0.1) is 5.82 Å². The maximum Gasteiger partial charge on any atom is 0.252 e. The van der Waals surface area contributed by atoms with Gasteiger partial charge >= 0.3 is 0 Å². The third-order valence-electron chi connectivity index (χ3n) is 5.85. The number of carbonyl (C=O) groups excluding carboxylic acids is 2. The molecule has 1 aliphatic heterocycles. The van der Waals surface area contributed by atoms with Gasteiger partial charge in [0, 0.05) is 38.4 Å². The average Bonchev–Trinajstić information content (AvgIpc) is 3.58. The first-order valence-electron chi connectivity index (χ1n) is 10.5. The standard InChI is InChI=1S/C22H26FN5O3/c23-15-3-1-2-14(12-15)22(7-10-31-11-8-22)20(30)25-9-6-18-17(19(24)29)13-26-21(28-18)27-16-4-5-16/h1-3,12-13,16H,4-11H2,(H2,24,29)(H,25,30)(H,26,27,28). The van der Waals surface area contributed by atoms with Gasteiger partial charge in [-0.3, -0.25) is 9.59 Å². The summed E-state index contributed by atoms with van der Waals surface area (Å²) >= 11 is 0. The molecule has 0 bridgehead atoms. The van der Waals surface area contributed by atoms with Crippen molar-refractivity contribution < 1.29 is 18.7 Å². The number of halogens is 1. The zero-order chi connectivity index (χ0) is 21.8. The molecular formula is C22H26FN5O3. The third-order valence-corrected chi connectivity index (χ3v) is 5.85. The monoisotopic (exact) mass is 427 g/mol. The molecule has 1 aromatic carbocycles. The molecule has 164 valence electrons. The summed E-state index contributed by atoms with van der Waals surface area (Å²) in [6.07, 6.45) is 4.82. The number of carbonyl (C=O) groups is 2. The van der Waals surface area contributed by atoms with Gasteiger partial charge in [-0.1, -0.05) is 12.1 Å². The van der Waals surface area contributed by atoms with Crippen molar-refractivity contribution in [2.75, 3.05) is 25.1 Å². The van der Waals surface area contributed by atoms with Crippen molar-refractivity contribution in [3.05, 3.63) is 53.1 Å². The quantitative estimate of drug-likeness (QED) is 0.590. The molecule has 8 nitrogen and oxygen atoms in total. The first kappa shape index (κ1) is 21.2. The van der Waals surface area contributed by atoms with E-state index in [0.717, 1.165) is 12.8 Å². The normalized spacial score (nSPS) is 17.7. The molecule has 1 aliphatic carbocycles. The van der Waals surface area contributed by atoms with Crippen LogP contribution in [0.1, 0.15) is 47.3 Å². The first-order valence-corrected chi connectivity index (χ1v) is 10.5. The zero-order valence-corrected chi connectivity index (χ0v) is 17.2. The summed E-state index contributed by atoms with van der Waals surface area (Å²) in [7, 11) is 0. The first-order chi connectivity index (χ1) is 15.0. The number of aromatic nitrogens is 2. The van der Waals surface area contributed by atoms with E-state index < -0.39 is 11.3 Å². The molecule has 2 heterocycles. The summed E-state index contributed by atoms with van der Waals surface area (Å²) in [5, 5.41) is 6.14. The van der Waals surface area contributed by atoms with Gasteiger partial charge in [0.25, 0.3) is 5.91 Å². The van der Waals surface area contributed by atoms with Crippen LogP contribution >= 0.6 is 0 Å². The van der Waals surface area contributed by atoms with E-state index in [-0.39, 0.29) is 23.8 Å². The Kier molecular flexibility index (Phi) is 6.13. The van der Waals surface area contributed by atoms with Gasteiger partial charge < -0.3 is 21.1 Å². The lowest BCUT2D eigenvalue weighted by Crippen LogP contribution is -2.48. The molecule has 2 aliphatic rings. The molecule has 4 rings (SSSR count). The minimum atomic E-state index is -0.850. The van der Waals surface area contributed by atoms with E-state index >= 15 is 0 Å². The van der Waals surface area contributed by atoms with Crippen molar-refractivity contribution in [3.63, 3.8) is 0 Å². The van der Waals surface area contributed by atoms with Crippen molar-refractivity contribution in [2.45, 2.75) is 43.6 Å². The molecular weight excluding hydrogens is 401 g/mol. The third kappa shape index (κ3) is 4.82. The van der Waals surface area contributed by atoms with Crippen molar-refractivity contribution in [2.24, 2.45) is 5.73 Å². The van der Waals surface area contributed by atoms with E-state index in [1.54, 1.807) is 12.1 Å². The number of hydrogen-bond acceptors (Lipinski definition) is 6. The molecule has 2 aromatic rings. The van der Waals surface area contributed by atoms with Crippen LogP contribution < -0.4 is 16.4 Å². The fourth-order valence-electron chi connectivity index (χ4n) is 3.91. The van der Waals surface area contributed by atoms with Crippen LogP contribution in [0.3, 0.4) is 0 Å². The van der Waals surface area contributed by atoms with Crippen LogP contribution in [0.15, 0.2) is 30.5 Å². The Morgan fingerprint density at radius 2 is 2.03 bits per heavy atom. The van der Waals surface area contributed by atoms with Crippen molar-refractivity contribution in [1.29, 1.82) is 0 Å². The summed E-state index contributed by atoms with van der Waals surface area (Å²) in [5.41, 5.74) is 5.98. The Labute approximate surface area is 179 Å². The number of rotatable bonds is 8. The molecule has 0 unspecified atom stereocenters. The van der Waals surface area contributed by atoms with Gasteiger partial charge in [-0.15, -0.1) is 0 Å². The highest BCUT2D eigenvalue weighted by Crippen LogP contribution is 2.35. The number of benzene rings is 1. The second-order valence-corrected chi connectivity index (χ2v) is 8.05. The Balaban J connectivity index is 1.47. The van der Waals surface area contributed by atoms with Crippen molar-refractivity contribution >= 4 is 17.8 Å². The number of hydrogen-bond donors (Lipinski definition) is 3. The smallest absolute Gasteiger partial charge is 0.252 e. The highest BCUT2D eigenvalue weighted by atomic mass is 19.1. The Morgan fingerprint density at radius 3 is 2.71 bits per heavy atom. The second kappa shape index (κ2) is 8.97. The average molecular weight is 427 g/mol. The summed E-state index contributed by atoms with van der Waals surface area (Å²) in [6, 6.07) is 6.54. The van der Waals surface area contributed by atoms with Crippen LogP contribution in [0.5, 0.6) is 0 Å². The molecule has 2 amide bonds. The van der Waals surface area contributed by atoms with Gasteiger partial charge in [0.05, 0.1) is 16.7 Å². The van der Waals surface area contributed by atoms with E-state index in [0.29, 0.717) is 55.7 Å². The molecule has 9 heteroatoms. The van der Waals surface area contributed by atoms with Crippen LogP contribution in [-0.2, 0) is 21.4 Å². The fourth-order valence-corrected chi connectivity index (χ4v) is 3.91. The Hall–Kier alpha value is -3.07. The van der Waals surface area contributed by atoms with Crippen LogP contribution in [0.4, 0.5) is 10.3 Å². The van der Waals surface area contributed by atoms with Gasteiger partial charge in [-0.2, -0.15) is 0 Å². The topological polar surface area (TPSA) is 119 Å². The summed E-state index contributed by atoms with van der Waals surface area (Å²) in [4.78, 5) is 33.6. The molecule has 0 spiro atoms. The molecule has 4 N–H and O–H groups in total. The highest BCUT2D eigenvalue weighted by Gasteiger charge is 2.41. The van der Waals surface area contributed by atoms with Gasteiger partial charge in [0.1, 0.15) is 5.82 Å². The zero-order valence-electron chi connectivity index (χ0n) is 17.2. The fraction of sp³-hybridized carbons (Fsp3) is 0.455. The van der Waals surface area contributed by atoms with E-state index in [1.165, 1.54) is 18.3 Å². The lowest BCUT2D eigenvalue weighted by Gasteiger charge is -2.36. The maximum absolute atomic E-state index is 13.9. The van der Waals surface area contributed by atoms with Gasteiger partial charge in [-0.05, 0) is 43.4 Å². The summed E-state index contributed by atoms with van der Waals surface area (Å²) in [5.74, 6) is -0.721. The SMILES string of the molecule is NC(=O)c1cnc(NC2CC2)nc1CCNC(=O)C1(c2cccc(F)c2)CCOCC1. The van der Waals surface area contributed by atoms with Crippen molar-refractivity contribution in [1.82, 2.24) is 15.3 Å². The van der Waals surface area contributed by atoms with Gasteiger partial charge in [0.15, 0.2) is 0 Å². The number of primary amides is 1. The van der Waals surface area contributed by atoms with E-state index in [9.17, 15) is 14.0 Å². The molecule has 1 saturated carbocycles. The number of nitrogens with zero attached hydrogens (tertiary/aromatic N) is 2. The minimum absolute atomic E-state index is 0.188. The lowest BCUT2D eigenvalue weighted by molar-refractivity contribution is -0.130. The van der Waals surface area contributed by atoms with Crippen LogP contribution in [0.2, 0.25) is 0 Å². The van der Waals surface area contributed by atoms with Crippen LogP contribution in [-0.4, -0.2) is 47.6 Å². The Morgan fingerprint density at radius 1 is 1.26 bits per heavy atom. The lowest BCUT2D eigenvalue weighted by atomic mass is 9.73. The predicted octanol–water partition coefficient (Wildman–Crippen LogP) is 1.70. The molecule has 31 heavy (non-hydrogen) atoms. The number of ether oxygens (including phenoxy) is 1.